The van der Waals surface area contributed by atoms with E-state index < -0.39 is 0 Å². The van der Waals surface area contributed by atoms with Crippen molar-refractivity contribution >= 4 is 23.4 Å². The van der Waals surface area contributed by atoms with Crippen molar-refractivity contribution in [1.82, 2.24) is 9.97 Å². The second-order valence-electron chi connectivity index (χ2n) is 6.20. The van der Waals surface area contributed by atoms with E-state index in [-0.39, 0.29) is 5.92 Å². The van der Waals surface area contributed by atoms with Crippen molar-refractivity contribution in [3.63, 3.8) is 0 Å². The third-order valence-electron chi connectivity index (χ3n) is 3.89. The second-order valence-corrected chi connectivity index (χ2v) is 7.55. The van der Waals surface area contributed by atoms with Crippen molar-refractivity contribution < 1.29 is 9.47 Å². The molecule has 2 aromatic carbocycles. The summed E-state index contributed by atoms with van der Waals surface area (Å²) in [7, 11) is 1.62. The molecule has 1 heterocycles. The molecule has 0 spiro atoms. The number of halogens is 1. The lowest BCUT2D eigenvalue weighted by molar-refractivity contribution is 0.372. The molecule has 0 N–H and O–H groups in total. The van der Waals surface area contributed by atoms with Crippen LogP contribution < -0.4 is 9.47 Å². The van der Waals surface area contributed by atoms with Crippen LogP contribution in [0.1, 0.15) is 31.0 Å². The smallest absolute Gasteiger partial charge is 0.223 e. The van der Waals surface area contributed by atoms with Gasteiger partial charge in [-0.2, -0.15) is 4.98 Å². The van der Waals surface area contributed by atoms with Gasteiger partial charge in [0.25, 0.3) is 0 Å². The van der Waals surface area contributed by atoms with Crippen molar-refractivity contribution in [2.24, 2.45) is 0 Å². The number of hydrogen-bond acceptors (Lipinski definition) is 5. The van der Waals surface area contributed by atoms with Crippen LogP contribution in [-0.2, 0) is 5.75 Å². The lowest BCUT2D eigenvalue weighted by Crippen LogP contribution is -2.00. The van der Waals surface area contributed by atoms with Crippen molar-refractivity contribution in [2.75, 3.05) is 7.11 Å². The summed E-state index contributed by atoms with van der Waals surface area (Å²) in [6.07, 6.45) is 0. The van der Waals surface area contributed by atoms with Gasteiger partial charge in [-0.3, -0.25) is 0 Å². The Morgan fingerprint density at radius 3 is 2.41 bits per heavy atom. The number of aromatic nitrogens is 2. The lowest BCUT2D eigenvalue weighted by Gasteiger charge is -2.13. The van der Waals surface area contributed by atoms with Crippen LogP contribution in [0.15, 0.2) is 59.8 Å². The van der Waals surface area contributed by atoms with Gasteiger partial charge in [-0.05, 0) is 29.7 Å². The van der Waals surface area contributed by atoms with Gasteiger partial charge in [0, 0.05) is 16.8 Å². The Morgan fingerprint density at radius 1 is 1.00 bits per heavy atom. The van der Waals surface area contributed by atoms with Crippen LogP contribution in [0.4, 0.5) is 0 Å². The van der Waals surface area contributed by atoms with E-state index in [0.29, 0.717) is 28.3 Å². The first-order valence-corrected chi connectivity index (χ1v) is 9.99. The summed E-state index contributed by atoms with van der Waals surface area (Å²) >= 11 is 7.79. The van der Waals surface area contributed by atoms with Crippen LogP contribution in [0.5, 0.6) is 17.4 Å². The number of thioether (sulfide) groups is 1. The van der Waals surface area contributed by atoms with Crippen LogP contribution in [0.25, 0.3) is 0 Å². The van der Waals surface area contributed by atoms with E-state index in [1.54, 1.807) is 7.11 Å². The maximum atomic E-state index is 6.25. The number of benzene rings is 2. The van der Waals surface area contributed by atoms with E-state index in [1.807, 2.05) is 54.6 Å². The van der Waals surface area contributed by atoms with Gasteiger partial charge < -0.3 is 9.47 Å². The molecule has 0 aliphatic heterocycles. The zero-order chi connectivity index (χ0) is 19.2. The van der Waals surface area contributed by atoms with Crippen LogP contribution in [-0.4, -0.2) is 17.1 Å². The average Bonchev–Trinajstić information content (AvgIpc) is 2.67. The van der Waals surface area contributed by atoms with Gasteiger partial charge in [-0.25, -0.2) is 4.98 Å². The fourth-order valence-electron chi connectivity index (χ4n) is 2.41. The van der Waals surface area contributed by atoms with E-state index in [4.69, 9.17) is 21.1 Å². The van der Waals surface area contributed by atoms with Crippen LogP contribution in [0.2, 0.25) is 5.02 Å². The molecule has 0 fully saturated rings. The van der Waals surface area contributed by atoms with Gasteiger partial charge >= 0.3 is 0 Å². The van der Waals surface area contributed by atoms with E-state index >= 15 is 0 Å². The number of hydrogen-bond donors (Lipinski definition) is 0. The van der Waals surface area contributed by atoms with Crippen LogP contribution in [0, 0.1) is 0 Å². The van der Waals surface area contributed by atoms with Gasteiger partial charge in [-0.1, -0.05) is 67.5 Å². The topological polar surface area (TPSA) is 44.2 Å². The minimum absolute atomic E-state index is 0.257. The highest BCUT2D eigenvalue weighted by atomic mass is 35.5. The Hall–Kier alpha value is -2.24. The second kappa shape index (κ2) is 9.11. The van der Waals surface area contributed by atoms with Crippen LogP contribution >= 0.6 is 23.4 Å². The van der Waals surface area contributed by atoms with Crippen molar-refractivity contribution in [2.45, 2.75) is 30.7 Å². The highest BCUT2D eigenvalue weighted by Gasteiger charge is 2.12. The minimum Gasteiger partial charge on any atom is -0.493 e. The molecule has 0 aliphatic rings. The molecule has 0 bridgehead atoms. The molecule has 27 heavy (non-hydrogen) atoms. The standard InChI is InChI=1S/C21H21ClN2O2S/c1-14(2)17-12-20(26-19-11-7-6-10-18(19)25-3)24-21(23-17)27-13-15-8-4-5-9-16(15)22/h4-12,14H,13H2,1-3H3. The zero-order valence-electron chi connectivity index (χ0n) is 15.5. The Labute approximate surface area is 168 Å². The molecule has 6 heteroatoms. The summed E-state index contributed by atoms with van der Waals surface area (Å²) in [5, 5.41) is 1.40. The van der Waals surface area contributed by atoms with Gasteiger partial charge in [0.15, 0.2) is 16.7 Å². The molecule has 0 saturated carbocycles. The fraction of sp³-hybridized carbons (Fsp3) is 0.238. The number of para-hydroxylation sites is 2. The summed E-state index contributed by atoms with van der Waals surface area (Å²) in [6.45, 7) is 4.19. The minimum atomic E-state index is 0.257. The summed E-state index contributed by atoms with van der Waals surface area (Å²) in [5.41, 5.74) is 1.98. The molecule has 1 aromatic heterocycles. The zero-order valence-corrected chi connectivity index (χ0v) is 17.1. The third-order valence-corrected chi connectivity index (χ3v) is 5.16. The Kier molecular flexibility index (Phi) is 6.58. The highest BCUT2D eigenvalue weighted by Crippen LogP contribution is 2.33. The quantitative estimate of drug-likeness (QED) is 0.341. The SMILES string of the molecule is COc1ccccc1Oc1cc(C(C)C)nc(SCc2ccccc2Cl)n1. The predicted molar refractivity (Wildman–Crippen MR) is 110 cm³/mol. The summed E-state index contributed by atoms with van der Waals surface area (Å²) in [4.78, 5) is 9.22. The Bertz CT molecular complexity index is 918. The van der Waals surface area contributed by atoms with Gasteiger partial charge in [-0.15, -0.1) is 0 Å². The third kappa shape index (κ3) is 5.15. The first-order valence-electron chi connectivity index (χ1n) is 8.63. The monoisotopic (exact) mass is 400 g/mol. The molecule has 3 aromatic rings. The van der Waals surface area contributed by atoms with Crippen LogP contribution in [0.3, 0.4) is 0 Å². The maximum Gasteiger partial charge on any atom is 0.223 e. The number of methoxy groups -OCH3 is 1. The summed E-state index contributed by atoms with van der Waals surface area (Å²) in [5.74, 6) is 2.73. The Morgan fingerprint density at radius 2 is 1.70 bits per heavy atom. The maximum absolute atomic E-state index is 6.25. The largest absolute Gasteiger partial charge is 0.493 e. The number of ether oxygens (including phenoxy) is 2. The molecule has 0 aliphatic carbocycles. The lowest BCUT2D eigenvalue weighted by atomic mass is 10.1. The molecule has 4 nitrogen and oxygen atoms in total. The fourth-order valence-corrected chi connectivity index (χ4v) is 3.55. The number of rotatable bonds is 7. The van der Waals surface area contributed by atoms with E-state index in [2.05, 4.69) is 23.8 Å². The van der Waals surface area contributed by atoms with Crippen molar-refractivity contribution in [3.8, 4) is 17.4 Å². The van der Waals surface area contributed by atoms with Gasteiger partial charge in [0.1, 0.15) is 0 Å². The van der Waals surface area contributed by atoms with Crippen molar-refractivity contribution in [3.05, 3.63) is 70.9 Å². The molecular formula is C21H21ClN2O2S. The predicted octanol–water partition coefficient (Wildman–Crippen LogP) is 6.35. The molecule has 0 amide bonds. The summed E-state index contributed by atoms with van der Waals surface area (Å²) < 4.78 is 11.3. The molecule has 0 saturated heterocycles. The number of nitrogens with zero attached hydrogens (tertiary/aromatic N) is 2. The molecule has 140 valence electrons. The highest BCUT2D eigenvalue weighted by molar-refractivity contribution is 7.98. The molecule has 3 rings (SSSR count). The molecular weight excluding hydrogens is 380 g/mol. The first-order chi connectivity index (χ1) is 13.1. The summed E-state index contributed by atoms with van der Waals surface area (Å²) in [6, 6.07) is 17.2. The first kappa shape index (κ1) is 19.5. The van der Waals surface area contributed by atoms with E-state index in [9.17, 15) is 0 Å². The molecule has 0 radical (unpaired) electrons. The molecule has 0 unspecified atom stereocenters. The van der Waals surface area contributed by atoms with Crippen molar-refractivity contribution in [1.29, 1.82) is 0 Å². The van der Waals surface area contributed by atoms with E-state index in [1.165, 1.54) is 11.8 Å². The Balaban J connectivity index is 1.85. The molecule has 0 atom stereocenters. The van der Waals surface area contributed by atoms with Gasteiger partial charge in [0.2, 0.25) is 5.88 Å². The average molecular weight is 401 g/mol. The van der Waals surface area contributed by atoms with E-state index in [0.717, 1.165) is 16.3 Å². The van der Waals surface area contributed by atoms with Gasteiger partial charge in [0.05, 0.1) is 12.8 Å². The normalized spacial score (nSPS) is 10.9.